The van der Waals surface area contributed by atoms with Gasteiger partial charge in [0, 0.05) is 4.90 Å². The van der Waals surface area contributed by atoms with Crippen molar-refractivity contribution in [3.05, 3.63) is 29.8 Å². The first-order valence-corrected chi connectivity index (χ1v) is 6.26. The van der Waals surface area contributed by atoms with E-state index in [1.807, 2.05) is 0 Å². The Kier molecular flexibility index (Phi) is 5.75. The zero-order chi connectivity index (χ0) is 14.4. The molecule has 1 rings (SSSR count). The third-order valence-corrected chi connectivity index (χ3v) is 3.04. The Labute approximate surface area is 113 Å². The summed E-state index contributed by atoms with van der Waals surface area (Å²) >= 11 is 0.284. The van der Waals surface area contributed by atoms with Crippen LogP contribution in [0.5, 0.6) is 0 Å². The zero-order valence-electron chi connectivity index (χ0n) is 10.4. The molecule has 7 heteroatoms. The molecule has 0 bridgehead atoms. The minimum atomic E-state index is -2.62. The maximum Gasteiger partial charge on any atom is 0.328 e. The Hall–Kier alpha value is -1.63. The first-order chi connectivity index (χ1) is 8.95. The van der Waals surface area contributed by atoms with Gasteiger partial charge in [-0.15, -0.1) is 0 Å². The van der Waals surface area contributed by atoms with Gasteiger partial charge in [-0.05, 0) is 19.1 Å². The van der Waals surface area contributed by atoms with Gasteiger partial charge >= 0.3 is 5.97 Å². The Balaban J connectivity index is 2.84. The number of hydrogen-bond acceptors (Lipinski definition) is 4. The number of nitrogens with one attached hydrogen (secondary N) is 1. The van der Waals surface area contributed by atoms with E-state index in [0.29, 0.717) is 0 Å². The van der Waals surface area contributed by atoms with Crippen LogP contribution >= 0.6 is 11.8 Å². The van der Waals surface area contributed by atoms with Gasteiger partial charge in [0.05, 0.1) is 12.7 Å². The fourth-order valence-corrected chi connectivity index (χ4v) is 2.00. The zero-order valence-corrected chi connectivity index (χ0v) is 11.2. The smallest absolute Gasteiger partial charge is 0.328 e. The number of ether oxygens (including phenoxy) is 1. The molecule has 0 spiro atoms. The minimum absolute atomic E-state index is 0.101. The predicted octanol–water partition coefficient (Wildman–Crippen LogP) is 2.29. The number of esters is 1. The van der Waals surface area contributed by atoms with Crippen LogP contribution in [0.25, 0.3) is 0 Å². The third-order valence-electron chi connectivity index (χ3n) is 2.25. The molecule has 104 valence electrons. The summed E-state index contributed by atoms with van der Waals surface area (Å²) in [6, 6.07) is 5.12. The van der Waals surface area contributed by atoms with Crippen LogP contribution in [0.4, 0.5) is 8.78 Å². The number of amides is 1. The largest absolute Gasteiger partial charge is 0.467 e. The van der Waals surface area contributed by atoms with Crippen molar-refractivity contribution < 1.29 is 23.1 Å². The van der Waals surface area contributed by atoms with Gasteiger partial charge in [-0.2, -0.15) is 8.78 Å². The second kappa shape index (κ2) is 7.08. The fourth-order valence-electron chi connectivity index (χ4n) is 1.36. The van der Waals surface area contributed by atoms with Crippen molar-refractivity contribution in [1.29, 1.82) is 0 Å². The van der Waals surface area contributed by atoms with E-state index in [9.17, 15) is 18.4 Å². The molecule has 19 heavy (non-hydrogen) atoms. The number of thioether (sulfide) groups is 1. The van der Waals surface area contributed by atoms with Gasteiger partial charge in [0.2, 0.25) is 0 Å². The molecule has 0 aliphatic heterocycles. The lowest BCUT2D eigenvalue weighted by Crippen LogP contribution is -2.39. The number of carbonyl (C=O) groups excluding carboxylic acids is 2. The number of alkyl halides is 2. The van der Waals surface area contributed by atoms with Crippen LogP contribution in [-0.4, -0.2) is 30.8 Å². The monoisotopic (exact) mass is 289 g/mol. The van der Waals surface area contributed by atoms with Crippen molar-refractivity contribution in [3.63, 3.8) is 0 Å². The van der Waals surface area contributed by atoms with E-state index in [4.69, 9.17) is 0 Å². The molecule has 0 radical (unpaired) electrons. The molecule has 4 nitrogen and oxygen atoms in total. The highest BCUT2D eigenvalue weighted by atomic mass is 32.2. The molecule has 0 aliphatic rings. The van der Waals surface area contributed by atoms with Crippen molar-refractivity contribution in [2.24, 2.45) is 0 Å². The molecular formula is C12H13F2NO3S. The van der Waals surface area contributed by atoms with Crippen LogP contribution in [0.3, 0.4) is 0 Å². The summed E-state index contributed by atoms with van der Waals surface area (Å²) < 4.78 is 29.2. The normalized spacial score (nSPS) is 12.1. The second-order valence-electron chi connectivity index (χ2n) is 3.59. The van der Waals surface area contributed by atoms with Crippen molar-refractivity contribution in [2.75, 3.05) is 7.11 Å². The molecule has 1 amide bonds. The highest BCUT2D eigenvalue weighted by Crippen LogP contribution is 2.28. The lowest BCUT2D eigenvalue weighted by atomic mass is 10.2. The van der Waals surface area contributed by atoms with E-state index in [1.54, 1.807) is 12.1 Å². The first kappa shape index (κ1) is 15.4. The fraction of sp³-hybridized carbons (Fsp3) is 0.333. The molecular weight excluding hydrogens is 276 g/mol. The number of benzene rings is 1. The molecule has 0 unspecified atom stereocenters. The van der Waals surface area contributed by atoms with Gasteiger partial charge in [0.25, 0.3) is 11.7 Å². The summed E-state index contributed by atoms with van der Waals surface area (Å²) in [5.74, 6) is -3.82. The molecule has 0 saturated heterocycles. The summed E-state index contributed by atoms with van der Waals surface area (Å²) in [5.41, 5.74) is 0.101. The molecule has 1 N–H and O–H groups in total. The molecule has 0 fully saturated rings. The van der Waals surface area contributed by atoms with Crippen molar-refractivity contribution in [3.8, 4) is 0 Å². The summed E-state index contributed by atoms with van der Waals surface area (Å²) in [6.45, 7) is 1.45. The number of carbonyl (C=O) groups is 2. The number of hydrogen-bond donors (Lipinski definition) is 1. The summed E-state index contributed by atoms with van der Waals surface area (Å²) in [5, 5.41) is 2.39. The Morgan fingerprint density at radius 3 is 2.53 bits per heavy atom. The van der Waals surface area contributed by atoms with Crippen LogP contribution in [0.2, 0.25) is 0 Å². The highest BCUT2D eigenvalue weighted by molar-refractivity contribution is 7.99. The van der Waals surface area contributed by atoms with Gasteiger partial charge in [-0.1, -0.05) is 23.9 Å². The quantitative estimate of drug-likeness (QED) is 0.667. The van der Waals surface area contributed by atoms with E-state index in [1.165, 1.54) is 26.2 Å². The summed E-state index contributed by atoms with van der Waals surface area (Å²) in [6.07, 6.45) is 0. The maximum atomic E-state index is 12.4. The molecule has 0 aromatic heterocycles. The molecule has 1 atom stereocenters. The van der Waals surface area contributed by atoms with Gasteiger partial charge in [-0.3, -0.25) is 4.79 Å². The minimum Gasteiger partial charge on any atom is -0.467 e. The van der Waals surface area contributed by atoms with Gasteiger partial charge < -0.3 is 10.1 Å². The van der Waals surface area contributed by atoms with Gasteiger partial charge in [0.1, 0.15) is 6.04 Å². The Morgan fingerprint density at radius 2 is 1.95 bits per heavy atom. The first-order valence-electron chi connectivity index (χ1n) is 5.38. The average molecular weight is 289 g/mol. The van der Waals surface area contributed by atoms with Crippen molar-refractivity contribution in [2.45, 2.75) is 23.6 Å². The molecule has 0 saturated carbocycles. The number of methoxy groups -OCH3 is 1. The lowest BCUT2D eigenvalue weighted by molar-refractivity contribution is -0.142. The second-order valence-corrected chi connectivity index (χ2v) is 4.62. The van der Waals surface area contributed by atoms with Crippen LogP contribution in [0.1, 0.15) is 17.3 Å². The summed E-state index contributed by atoms with van der Waals surface area (Å²) in [4.78, 5) is 23.2. The SMILES string of the molecule is COC(=O)[C@H](C)NC(=O)c1ccccc1SC(F)F. The van der Waals surface area contributed by atoms with E-state index in [0.717, 1.165) is 0 Å². The molecule has 0 heterocycles. The third kappa shape index (κ3) is 4.51. The van der Waals surface area contributed by atoms with E-state index in [2.05, 4.69) is 10.1 Å². The van der Waals surface area contributed by atoms with Crippen LogP contribution in [0, 0.1) is 0 Å². The van der Waals surface area contributed by atoms with E-state index < -0.39 is 23.7 Å². The Bertz CT molecular complexity index is 468. The lowest BCUT2D eigenvalue weighted by Gasteiger charge is -2.13. The van der Waals surface area contributed by atoms with Crippen molar-refractivity contribution in [1.82, 2.24) is 5.32 Å². The van der Waals surface area contributed by atoms with Crippen LogP contribution < -0.4 is 5.32 Å². The van der Waals surface area contributed by atoms with E-state index in [-0.39, 0.29) is 22.2 Å². The molecule has 1 aromatic carbocycles. The topological polar surface area (TPSA) is 55.4 Å². The number of halogens is 2. The maximum absolute atomic E-state index is 12.4. The van der Waals surface area contributed by atoms with Crippen LogP contribution in [0.15, 0.2) is 29.2 Å². The highest BCUT2D eigenvalue weighted by Gasteiger charge is 2.20. The number of rotatable bonds is 5. The van der Waals surface area contributed by atoms with E-state index >= 15 is 0 Å². The molecule has 0 aliphatic carbocycles. The predicted molar refractivity (Wildman–Crippen MR) is 67.2 cm³/mol. The molecule has 1 aromatic rings. The Morgan fingerprint density at radius 1 is 1.32 bits per heavy atom. The van der Waals surface area contributed by atoms with Gasteiger partial charge in [0.15, 0.2) is 0 Å². The van der Waals surface area contributed by atoms with Crippen molar-refractivity contribution >= 4 is 23.6 Å². The average Bonchev–Trinajstić information content (AvgIpc) is 2.37. The van der Waals surface area contributed by atoms with Gasteiger partial charge in [-0.25, -0.2) is 4.79 Å². The standard InChI is InChI=1S/C12H13F2NO3S/c1-7(11(17)18-2)15-10(16)8-5-3-4-6-9(8)19-12(13)14/h3-7,12H,1-2H3,(H,15,16)/t7-/m0/s1. The van der Waals surface area contributed by atoms with Crippen LogP contribution in [-0.2, 0) is 9.53 Å². The summed E-state index contributed by atoms with van der Waals surface area (Å²) in [7, 11) is 1.20.